The minimum atomic E-state index is -3.59. The Bertz CT molecular complexity index is 944. The van der Waals surface area contributed by atoms with Gasteiger partial charge in [-0.15, -0.1) is 0 Å². The summed E-state index contributed by atoms with van der Waals surface area (Å²) in [6, 6.07) is 12.5. The molecule has 1 aliphatic heterocycles. The normalized spacial score (nSPS) is 14.7. The molecule has 5 nitrogen and oxygen atoms in total. The molecule has 1 fully saturated rings. The van der Waals surface area contributed by atoms with E-state index in [4.69, 9.17) is 11.6 Å². The predicted molar refractivity (Wildman–Crippen MR) is 108 cm³/mol. The van der Waals surface area contributed by atoms with E-state index >= 15 is 0 Å². The highest BCUT2D eigenvalue weighted by atomic mass is 35.5. The van der Waals surface area contributed by atoms with E-state index in [1.165, 1.54) is 0 Å². The number of rotatable bonds is 7. The summed E-state index contributed by atoms with van der Waals surface area (Å²) in [5, 5.41) is 0.697. The fourth-order valence-electron chi connectivity index (χ4n) is 3.27. The van der Waals surface area contributed by atoms with Crippen molar-refractivity contribution in [1.29, 1.82) is 0 Å². The van der Waals surface area contributed by atoms with E-state index in [1.54, 1.807) is 23.1 Å². The van der Waals surface area contributed by atoms with E-state index in [-0.39, 0.29) is 10.8 Å². The Labute approximate surface area is 165 Å². The maximum atomic E-state index is 12.5. The third-order valence-electron chi connectivity index (χ3n) is 4.72. The molecule has 0 radical (unpaired) electrons. The highest BCUT2D eigenvalue weighted by Crippen LogP contribution is 2.27. The van der Waals surface area contributed by atoms with Gasteiger partial charge in [0, 0.05) is 30.2 Å². The quantitative estimate of drug-likeness (QED) is 0.713. The highest BCUT2D eigenvalue weighted by molar-refractivity contribution is 7.89. The van der Waals surface area contributed by atoms with Crippen molar-refractivity contribution in [3.63, 3.8) is 0 Å². The minimum absolute atomic E-state index is 0.0893. The summed E-state index contributed by atoms with van der Waals surface area (Å²) in [4.78, 5) is 13.9. The van der Waals surface area contributed by atoms with Gasteiger partial charge in [0.05, 0.1) is 4.90 Å². The topological polar surface area (TPSA) is 66.5 Å². The van der Waals surface area contributed by atoms with Crippen LogP contribution in [0.2, 0.25) is 5.02 Å². The van der Waals surface area contributed by atoms with Crippen LogP contribution in [0.1, 0.15) is 30.4 Å². The molecule has 2 aromatic rings. The third-order valence-corrected chi connectivity index (χ3v) is 6.54. The first-order valence-electron chi connectivity index (χ1n) is 9.02. The van der Waals surface area contributed by atoms with Crippen molar-refractivity contribution in [2.24, 2.45) is 0 Å². The second-order valence-corrected chi connectivity index (χ2v) is 8.86. The molecule has 1 amide bonds. The summed E-state index contributed by atoms with van der Waals surface area (Å²) in [6.45, 7) is 2.85. The van der Waals surface area contributed by atoms with E-state index in [2.05, 4.69) is 4.72 Å². The van der Waals surface area contributed by atoms with Crippen LogP contribution in [0.15, 0.2) is 47.4 Å². The van der Waals surface area contributed by atoms with E-state index in [9.17, 15) is 13.2 Å². The standard InChI is InChI=1S/C20H23ClN2O3S/c1-15-14-17(10-11-19(15)23-13-5-9-20(23)24)27(25,26)22-12-4-7-16-6-2-3-8-18(16)21/h2-3,6,8,10-11,14,22H,4-5,7,9,12-13H2,1H3. The van der Waals surface area contributed by atoms with Crippen molar-refractivity contribution in [1.82, 2.24) is 4.72 Å². The lowest BCUT2D eigenvalue weighted by Crippen LogP contribution is -2.26. The number of carbonyl (C=O) groups is 1. The largest absolute Gasteiger partial charge is 0.312 e. The van der Waals surface area contributed by atoms with E-state index in [0.717, 1.165) is 23.2 Å². The number of sulfonamides is 1. The van der Waals surface area contributed by atoms with Crippen molar-refractivity contribution in [2.75, 3.05) is 18.0 Å². The zero-order chi connectivity index (χ0) is 19.4. The molecule has 27 heavy (non-hydrogen) atoms. The number of hydrogen-bond donors (Lipinski definition) is 1. The number of halogens is 1. The molecule has 1 N–H and O–H groups in total. The monoisotopic (exact) mass is 406 g/mol. The number of amides is 1. The second kappa shape index (κ2) is 8.42. The van der Waals surface area contributed by atoms with Gasteiger partial charge in [-0.3, -0.25) is 4.79 Å². The third kappa shape index (κ3) is 4.69. The van der Waals surface area contributed by atoms with Crippen molar-refractivity contribution < 1.29 is 13.2 Å². The lowest BCUT2D eigenvalue weighted by molar-refractivity contribution is -0.117. The molecule has 1 aliphatic rings. The first kappa shape index (κ1) is 19.9. The van der Waals surface area contributed by atoms with Crippen LogP contribution in [0.5, 0.6) is 0 Å². The Kier molecular flexibility index (Phi) is 6.19. The summed E-state index contributed by atoms with van der Waals surface area (Å²) < 4.78 is 27.7. The van der Waals surface area contributed by atoms with Gasteiger partial charge in [0.25, 0.3) is 0 Å². The first-order chi connectivity index (χ1) is 12.9. The summed E-state index contributed by atoms with van der Waals surface area (Å²) in [6.07, 6.45) is 2.75. The Morgan fingerprint density at radius 1 is 1.19 bits per heavy atom. The Hall–Kier alpha value is -1.89. The average molecular weight is 407 g/mol. The molecule has 3 rings (SSSR count). The van der Waals surface area contributed by atoms with Crippen molar-refractivity contribution in [2.45, 2.75) is 37.5 Å². The maximum absolute atomic E-state index is 12.5. The SMILES string of the molecule is Cc1cc(S(=O)(=O)NCCCc2ccccc2Cl)ccc1N1CCCC1=O. The van der Waals surface area contributed by atoms with Crippen LogP contribution in [0.25, 0.3) is 0 Å². The van der Waals surface area contributed by atoms with Crippen LogP contribution < -0.4 is 9.62 Å². The van der Waals surface area contributed by atoms with Crippen LogP contribution in [0.4, 0.5) is 5.69 Å². The van der Waals surface area contributed by atoms with Gasteiger partial charge >= 0.3 is 0 Å². The molecule has 0 atom stereocenters. The number of carbonyl (C=O) groups excluding carboxylic acids is 1. The molecular weight excluding hydrogens is 384 g/mol. The van der Waals surface area contributed by atoms with Crippen molar-refractivity contribution in [3.8, 4) is 0 Å². The van der Waals surface area contributed by atoms with Crippen molar-refractivity contribution in [3.05, 3.63) is 58.6 Å². The van der Waals surface area contributed by atoms with Gasteiger partial charge in [-0.25, -0.2) is 13.1 Å². The smallest absolute Gasteiger partial charge is 0.240 e. The molecule has 0 bridgehead atoms. The lowest BCUT2D eigenvalue weighted by Gasteiger charge is -2.19. The molecule has 2 aromatic carbocycles. The minimum Gasteiger partial charge on any atom is -0.312 e. The van der Waals surface area contributed by atoms with Crippen LogP contribution in [-0.2, 0) is 21.2 Å². The molecule has 0 spiro atoms. The van der Waals surface area contributed by atoms with E-state index in [0.29, 0.717) is 37.4 Å². The Balaban J connectivity index is 1.62. The van der Waals surface area contributed by atoms with Crippen LogP contribution in [-0.4, -0.2) is 27.4 Å². The average Bonchev–Trinajstić information content (AvgIpc) is 3.06. The molecule has 0 saturated carbocycles. The number of nitrogens with one attached hydrogen (secondary N) is 1. The predicted octanol–water partition coefficient (Wildman–Crippen LogP) is 3.69. The van der Waals surface area contributed by atoms with E-state index < -0.39 is 10.0 Å². The van der Waals surface area contributed by atoms with Gasteiger partial charge in [0.2, 0.25) is 15.9 Å². The Morgan fingerprint density at radius 2 is 1.96 bits per heavy atom. The van der Waals surface area contributed by atoms with E-state index in [1.807, 2.05) is 31.2 Å². The molecule has 1 heterocycles. The van der Waals surface area contributed by atoms with Gasteiger partial charge in [0.15, 0.2) is 0 Å². The summed E-state index contributed by atoms with van der Waals surface area (Å²) >= 11 is 6.12. The van der Waals surface area contributed by atoms with Crippen LogP contribution >= 0.6 is 11.6 Å². The number of hydrogen-bond acceptors (Lipinski definition) is 3. The van der Waals surface area contributed by atoms with Gasteiger partial charge in [-0.1, -0.05) is 29.8 Å². The fourth-order valence-corrected chi connectivity index (χ4v) is 4.66. The number of aryl methyl sites for hydroxylation is 2. The molecule has 7 heteroatoms. The molecule has 144 valence electrons. The van der Waals surface area contributed by atoms with Gasteiger partial charge in [-0.2, -0.15) is 0 Å². The summed E-state index contributed by atoms with van der Waals surface area (Å²) in [5.74, 6) is 0.0893. The maximum Gasteiger partial charge on any atom is 0.240 e. The lowest BCUT2D eigenvalue weighted by atomic mass is 10.1. The first-order valence-corrected chi connectivity index (χ1v) is 10.9. The van der Waals surface area contributed by atoms with Gasteiger partial charge in [-0.05, 0) is 61.6 Å². The molecular formula is C20H23ClN2O3S. The number of benzene rings is 2. The number of nitrogens with zero attached hydrogens (tertiary/aromatic N) is 1. The fraction of sp³-hybridized carbons (Fsp3) is 0.350. The second-order valence-electron chi connectivity index (χ2n) is 6.69. The highest BCUT2D eigenvalue weighted by Gasteiger charge is 2.24. The molecule has 0 aliphatic carbocycles. The molecule has 1 saturated heterocycles. The zero-order valence-corrected chi connectivity index (χ0v) is 16.8. The zero-order valence-electron chi connectivity index (χ0n) is 15.2. The van der Waals surface area contributed by atoms with Gasteiger partial charge < -0.3 is 4.90 Å². The molecule has 0 unspecified atom stereocenters. The molecule has 0 aromatic heterocycles. The summed E-state index contributed by atoms with van der Waals surface area (Å²) in [7, 11) is -3.59. The van der Waals surface area contributed by atoms with Crippen LogP contribution in [0, 0.1) is 6.92 Å². The van der Waals surface area contributed by atoms with Gasteiger partial charge in [0.1, 0.15) is 0 Å². The van der Waals surface area contributed by atoms with Crippen LogP contribution in [0.3, 0.4) is 0 Å². The Morgan fingerprint density at radius 3 is 2.63 bits per heavy atom. The van der Waals surface area contributed by atoms with Crippen molar-refractivity contribution >= 4 is 33.2 Å². The number of anilines is 1. The summed E-state index contributed by atoms with van der Waals surface area (Å²) in [5.41, 5.74) is 2.58.